The number of hydrogen-bond acceptors (Lipinski definition) is 4. The van der Waals surface area contributed by atoms with Crippen LogP contribution in [-0.4, -0.2) is 41.7 Å². The number of aliphatic hydroxyl groups excluding tert-OH is 1. The third-order valence-electron chi connectivity index (χ3n) is 2.97. The molecule has 2 atom stereocenters. The molecule has 1 aliphatic rings. The lowest BCUT2D eigenvalue weighted by molar-refractivity contribution is -0.121. The van der Waals surface area contributed by atoms with Crippen molar-refractivity contribution in [2.45, 2.75) is 25.8 Å². The average molecular weight is 201 g/mol. The van der Waals surface area contributed by atoms with Gasteiger partial charge in [-0.2, -0.15) is 0 Å². The lowest BCUT2D eigenvalue weighted by Gasteiger charge is -2.24. The molecule has 1 aliphatic heterocycles. The van der Waals surface area contributed by atoms with Gasteiger partial charge in [0.1, 0.15) is 0 Å². The number of hydrazine groups is 1. The van der Waals surface area contributed by atoms with Crippen LogP contribution in [-0.2, 0) is 4.79 Å². The van der Waals surface area contributed by atoms with Crippen LogP contribution in [0.1, 0.15) is 19.8 Å². The zero-order valence-electron chi connectivity index (χ0n) is 8.57. The van der Waals surface area contributed by atoms with Crippen LogP contribution in [0.3, 0.4) is 0 Å². The standard InChI is InChI=1S/C9H19N3O2/c1-7-2-4-12(8(7)6-13)5-3-9(14)11-10/h7-8,13H,2-6,10H2,1H3,(H,11,14). The van der Waals surface area contributed by atoms with Gasteiger partial charge in [0.15, 0.2) is 0 Å². The van der Waals surface area contributed by atoms with Crippen molar-refractivity contribution in [3.63, 3.8) is 0 Å². The molecule has 82 valence electrons. The Hall–Kier alpha value is -0.650. The lowest BCUT2D eigenvalue weighted by Crippen LogP contribution is -2.39. The van der Waals surface area contributed by atoms with Gasteiger partial charge in [-0.15, -0.1) is 0 Å². The number of nitrogens with one attached hydrogen (secondary N) is 1. The molecule has 1 rings (SSSR count). The van der Waals surface area contributed by atoms with E-state index in [1.807, 2.05) is 0 Å². The number of aliphatic hydroxyl groups is 1. The molecule has 1 heterocycles. The minimum atomic E-state index is -0.152. The maximum Gasteiger partial charge on any atom is 0.235 e. The van der Waals surface area contributed by atoms with Gasteiger partial charge in [-0.1, -0.05) is 6.92 Å². The van der Waals surface area contributed by atoms with E-state index < -0.39 is 0 Å². The highest BCUT2D eigenvalue weighted by molar-refractivity contribution is 5.75. The first-order valence-electron chi connectivity index (χ1n) is 5.03. The Bertz CT molecular complexity index is 198. The fraction of sp³-hybridized carbons (Fsp3) is 0.889. The number of likely N-dealkylation sites (tertiary alicyclic amines) is 1. The Balaban J connectivity index is 2.33. The van der Waals surface area contributed by atoms with Crippen molar-refractivity contribution in [2.75, 3.05) is 19.7 Å². The van der Waals surface area contributed by atoms with Crippen LogP contribution in [0.4, 0.5) is 0 Å². The molecule has 5 heteroatoms. The van der Waals surface area contributed by atoms with Crippen molar-refractivity contribution >= 4 is 5.91 Å². The van der Waals surface area contributed by atoms with Gasteiger partial charge in [0, 0.05) is 19.0 Å². The van der Waals surface area contributed by atoms with E-state index in [4.69, 9.17) is 10.9 Å². The van der Waals surface area contributed by atoms with Gasteiger partial charge in [0.25, 0.3) is 0 Å². The monoisotopic (exact) mass is 201 g/mol. The molecule has 0 aromatic rings. The van der Waals surface area contributed by atoms with E-state index >= 15 is 0 Å². The Morgan fingerprint density at radius 3 is 3.00 bits per heavy atom. The molecule has 0 saturated carbocycles. The van der Waals surface area contributed by atoms with E-state index in [0.717, 1.165) is 13.0 Å². The third kappa shape index (κ3) is 2.67. The molecule has 0 bridgehead atoms. The Labute approximate surface area is 84.2 Å². The summed E-state index contributed by atoms with van der Waals surface area (Å²) >= 11 is 0. The number of hydrogen-bond donors (Lipinski definition) is 3. The summed E-state index contributed by atoms with van der Waals surface area (Å²) in [5.74, 6) is 5.35. The fourth-order valence-corrected chi connectivity index (χ4v) is 1.98. The van der Waals surface area contributed by atoms with E-state index in [0.29, 0.717) is 18.9 Å². The Morgan fingerprint density at radius 2 is 2.43 bits per heavy atom. The number of carbonyl (C=O) groups excluding carboxylic acids is 1. The van der Waals surface area contributed by atoms with Crippen LogP contribution >= 0.6 is 0 Å². The molecule has 0 spiro atoms. The molecule has 2 unspecified atom stereocenters. The maximum atomic E-state index is 10.9. The molecule has 0 radical (unpaired) electrons. The van der Waals surface area contributed by atoms with Gasteiger partial charge in [-0.3, -0.25) is 15.1 Å². The van der Waals surface area contributed by atoms with Gasteiger partial charge in [0.05, 0.1) is 6.61 Å². The molecule has 0 aliphatic carbocycles. The van der Waals surface area contributed by atoms with E-state index in [9.17, 15) is 4.79 Å². The molecule has 5 nitrogen and oxygen atoms in total. The van der Waals surface area contributed by atoms with Gasteiger partial charge in [-0.05, 0) is 18.9 Å². The summed E-state index contributed by atoms with van der Waals surface area (Å²) in [4.78, 5) is 13.1. The van der Waals surface area contributed by atoms with Crippen molar-refractivity contribution in [2.24, 2.45) is 11.8 Å². The van der Waals surface area contributed by atoms with E-state index in [1.165, 1.54) is 0 Å². The number of nitrogens with two attached hydrogens (primary N) is 1. The van der Waals surface area contributed by atoms with Crippen molar-refractivity contribution < 1.29 is 9.90 Å². The number of carbonyl (C=O) groups is 1. The van der Waals surface area contributed by atoms with Crippen LogP contribution in [0.2, 0.25) is 0 Å². The van der Waals surface area contributed by atoms with Crippen LogP contribution in [0.25, 0.3) is 0 Å². The average Bonchev–Trinajstić information content (AvgIpc) is 2.55. The summed E-state index contributed by atoms with van der Waals surface area (Å²) in [6.45, 7) is 3.94. The summed E-state index contributed by atoms with van der Waals surface area (Å²) in [5.41, 5.74) is 2.10. The molecule has 4 N–H and O–H groups in total. The lowest BCUT2D eigenvalue weighted by atomic mass is 10.0. The quantitative estimate of drug-likeness (QED) is 0.312. The van der Waals surface area contributed by atoms with Crippen LogP contribution < -0.4 is 11.3 Å². The topological polar surface area (TPSA) is 78.6 Å². The number of amides is 1. The second-order valence-corrected chi connectivity index (χ2v) is 3.87. The Kier molecular flexibility index (Phi) is 4.31. The predicted molar refractivity (Wildman–Crippen MR) is 53.2 cm³/mol. The van der Waals surface area contributed by atoms with Gasteiger partial charge >= 0.3 is 0 Å². The Morgan fingerprint density at radius 1 is 1.71 bits per heavy atom. The minimum absolute atomic E-state index is 0.152. The van der Waals surface area contributed by atoms with Gasteiger partial charge < -0.3 is 5.11 Å². The second-order valence-electron chi connectivity index (χ2n) is 3.87. The first-order valence-corrected chi connectivity index (χ1v) is 5.03. The molecular weight excluding hydrogens is 182 g/mol. The molecule has 0 aromatic heterocycles. The summed E-state index contributed by atoms with van der Waals surface area (Å²) in [6, 6.07) is 0.209. The van der Waals surface area contributed by atoms with E-state index in [-0.39, 0.29) is 18.6 Å². The van der Waals surface area contributed by atoms with Crippen molar-refractivity contribution in [3.8, 4) is 0 Å². The molecule has 1 fully saturated rings. The molecule has 14 heavy (non-hydrogen) atoms. The maximum absolute atomic E-state index is 10.9. The first-order chi connectivity index (χ1) is 6.69. The zero-order valence-corrected chi connectivity index (χ0v) is 8.57. The van der Waals surface area contributed by atoms with Crippen molar-refractivity contribution in [1.29, 1.82) is 0 Å². The predicted octanol–water partition coefficient (Wildman–Crippen LogP) is -0.931. The molecule has 1 amide bonds. The normalized spacial score (nSPS) is 27.9. The largest absolute Gasteiger partial charge is 0.395 e. The minimum Gasteiger partial charge on any atom is -0.395 e. The summed E-state index contributed by atoms with van der Waals surface area (Å²) in [5, 5.41) is 9.16. The molecular formula is C9H19N3O2. The van der Waals surface area contributed by atoms with Crippen molar-refractivity contribution in [1.82, 2.24) is 10.3 Å². The van der Waals surface area contributed by atoms with Crippen molar-refractivity contribution in [3.05, 3.63) is 0 Å². The summed E-state index contributed by atoms with van der Waals surface area (Å²) < 4.78 is 0. The third-order valence-corrected chi connectivity index (χ3v) is 2.97. The SMILES string of the molecule is CC1CCN(CCC(=O)NN)C1CO. The second kappa shape index (κ2) is 5.29. The van der Waals surface area contributed by atoms with E-state index in [1.54, 1.807) is 0 Å². The highest BCUT2D eigenvalue weighted by Gasteiger charge is 2.30. The highest BCUT2D eigenvalue weighted by Crippen LogP contribution is 2.23. The van der Waals surface area contributed by atoms with Crippen LogP contribution in [0, 0.1) is 5.92 Å². The molecule has 0 aromatic carbocycles. The number of nitrogens with zero attached hydrogens (tertiary/aromatic N) is 1. The smallest absolute Gasteiger partial charge is 0.235 e. The van der Waals surface area contributed by atoms with Crippen LogP contribution in [0.15, 0.2) is 0 Å². The summed E-state index contributed by atoms with van der Waals surface area (Å²) in [7, 11) is 0. The highest BCUT2D eigenvalue weighted by atomic mass is 16.3. The fourth-order valence-electron chi connectivity index (χ4n) is 1.98. The van der Waals surface area contributed by atoms with Crippen LogP contribution in [0.5, 0.6) is 0 Å². The van der Waals surface area contributed by atoms with Gasteiger partial charge in [0.2, 0.25) is 5.91 Å². The van der Waals surface area contributed by atoms with Gasteiger partial charge in [-0.25, -0.2) is 5.84 Å². The number of rotatable bonds is 4. The summed E-state index contributed by atoms with van der Waals surface area (Å²) in [6.07, 6.45) is 1.50. The van der Waals surface area contributed by atoms with E-state index in [2.05, 4.69) is 17.2 Å². The molecule has 1 saturated heterocycles. The zero-order chi connectivity index (χ0) is 10.6. The first kappa shape index (κ1) is 11.4.